The van der Waals surface area contributed by atoms with Gasteiger partial charge in [-0.3, -0.25) is 24.6 Å². The van der Waals surface area contributed by atoms with Crippen LogP contribution in [-0.2, 0) is 22.7 Å². The van der Waals surface area contributed by atoms with E-state index in [1.165, 1.54) is 0 Å². The highest BCUT2D eigenvalue weighted by Gasteiger charge is 2.39. The average Bonchev–Trinajstić information content (AvgIpc) is 2.95. The minimum Gasteiger partial charge on any atom is -0.322 e. The zero-order valence-corrected chi connectivity index (χ0v) is 14.2. The molecule has 0 aliphatic carbocycles. The highest BCUT2D eigenvalue weighted by Crippen LogP contribution is 2.30. The van der Waals surface area contributed by atoms with Crippen LogP contribution in [0.25, 0.3) is 0 Å². The molecule has 0 spiro atoms. The number of fused-ring (bicyclic) bond motifs is 1. The van der Waals surface area contributed by atoms with Gasteiger partial charge in [0.05, 0.1) is 0 Å². The lowest BCUT2D eigenvalue weighted by Crippen LogP contribution is -2.52. The van der Waals surface area contributed by atoms with E-state index in [1.54, 1.807) is 4.90 Å². The molecule has 4 rings (SSSR count). The third-order valence-corrected chi connectivity index (χ3v) is 5.37. The fraction of sp³-hybridized carbons (Fsp3) is 0.526. The molecule has 1 aromatic carbocycles. The molecule has 1 atom stereocenters. The van der Waals surface area contributed by atoms with Crippen LogP contribution in [0.5, 0.6) is 0 Å². The van der Waals surface area contributed by atoms with Crippen LogP contribution in [0, 0.1) is 0 Å². The molecule has 132 valence electrons. The molecule has 6 nitrogen and oxygen atoms in total. The molecular weight excluding hydrogens is 318 g/mol. The van der Waals surface area contributed by atoms with E-state index in [4.69, 9.17) is 1.37 Å². The Hall–Kier alpha value is -2.21. The molecule has 0 bridgehead atoms. The summed E-state index contributed by atoms with van der Waals surface area (Å²) in [5.74, 6) is -0.767. The number of hydrogen-bond donors (Lipinski definition) is 1. The molecule has 0 radical (unpaired) electrons. The molecule has 6 heteroatoms. The number of benzene rings is 1. The predicted molar refractivity (Wildman–Crippen MR) is 91.6 cm³/mol. The molecule has 1 unspecified atom stereocenters. The predicted octanol–water partition coefficient (Wildman–Crippen LogP) is 1.43. The van der Waals surface area contributed by atoms with Crippen molar-refractivity contribution in [3.63, 3.8) is 0 Å². The van der Waals surface area contributed by atoms with Gasteiger partial charge in [0.2, 0.25) is 11.8 Å². The van der Waals surface area contributed by atoms with Gasteiger partial charge in [-0.1, -0.05) is 18.5 Å². The van der Waals surface area contributed by atoms with Crippen LogP contribution in [0.2, 0.25) is 0 Å². The van der Waals surface area contributed by atoms with E-state index in [1.807, 2.05) is 18.2 Å². The first-order valence-electron chi connectivity index (χ1n) is 9.50. The first kappa shape index (κ1) is 15.1. The summed E-state index contributed by atoms with van der Waals surface area (Å²) in [5, 5.41) is 2.34. The van der Waals surface area contributed by atoms with Crippen LogP contribution in [0.4, 0.5) is 0 Å². The SMILES string of the molecule is [2H]C1CCN(Cc2cccc3c2CN(C2CCC(=O)NC2=O)C3=O)CC1. The van der Waals surface area contributed by atoms with Crippen molar-refractivity contribution in [2.75, 3.05) is 13.1 Å². The van der Waals surface area contributed by atoms with Crippen molar-refractivity contribution in [1.82, 2.24) is 15.1 Å². The lowest BCUT2D eigenvalue weighted by Gasteiger charge is -2.29. The molecule has 3 amide bonds. The Labute approximate surface area is 148 Å². The molecule has 3 heterocycles. The second-order valence-corrected chi connectivity index (χ2v) is 6.99. The fourth-order valence-electron chi connectivity index (χ4n) is 4.00. The number of piperidine rings is 2. The molecule has 3 aliphatic heterocycles. The number of carbonyl (C=O) groups excluding carboxylic acids is 3. The number of rotatable bonds is 3. The second kappa shape index (κ2) is 6.59. The van der Waals surface area contributed by atoms with Gasteiger partial charge in [0.1, 0.15) is 6.04 Å². The zero-order chi connectivity index (χ0) is 18.3. The van der Waals surface area contributed by atoms with E-state index in [0.29, 0.717) is 18.5 Å². The largest absolute Gasteiger partial charge is 0.322 e. The maximum Gasteiger partial charge on any atom is 0.255 e. The van der Waals surface area contributed by atoms with Crippen LogP contribution in [0.15, 0.2) is 18.2 Å². The number of hydrogen-bond acceptors (Lipinski definition) is 4. The summed E-state index contributed by atoms with van der Waals surface area (Å²) in [6.07, 6.45) is 2.46. The van der Waals surface area contributed by atoms with Crippen molar-refractivity contribution in [2.24, 2.45) is 0 Å². The Morgan fingerprint density at radius 3 is 2.76 bits per heavy atom. The number of likely N-dealkylation sites (tertiary alicyclic amines) is 1. The monoisotopic (exact) mass is 342 g/mol. The first-order valence-corrected chi connectivity index (χ1v) is 8.93. The molecule has 25 heavy (non-hydrogen) atoms. The van der Waals surface area contributed by atoms with Crippen LogP contribution in [0.3, 0.4) is 0 Å². The van der Waals surface area contributed by atoms with Gasteiger partial charge in [0, 0.05) is 26.4 Å². The van der Waals surface area contributed by atoms with E-state index in [2.05, 4.69) is 10.2 Å². The maximum atomic E-state index is 12.8. The van der Waals surface area contributed by atoms with Crippen LogP contribution in [-0.4, -0.2) is 46.7 Å². The zero-order valence-electron chi connectivity index (χ0n) is 15.2. The van der Waals surface area contributed by atoms with Gasteiger partial charge in [-0.15, -0.1) is 0 Å². The van der Waals surface area contributed by atoms with Crippen molar-refractivity contribution in [1.29, 1.82) is 0 Å². The van der Waals surface area contributed by atoms with Crippen molar-refractivity contribution in [2.45, 2.75) is 51.2 Å². The normalized spacial score (nSPS) is 25.8. The Bertz CT molecular complexity index is 758. The van der Waals surface area contributed by atoms with E-state index in [9.17, 15) is 14.4 Å². The molecule has 0 aromatic heterocycles. The summed E-state index contributed by atoms with van der Waals surface area (Å²) in [6.45, 7) is 3.00. The number of nitrogens with one attached hydrogen (secondary N) is 1. The van der Waals surface area contributed by atoms with Gasteiger partial charge in [0.15, 0.2) is 0 Å². The van der Waals surface area contributed by atoms with Gasteiger partial charge < -0.3 is 4.90 Å². The highest BCUT2D eigenvalue weighted by molar-refractivity contribution is 6.05. The quantitative estimate of drug-likeness (QED) is 0.844. The van der Waals surface area contributed by atoms with Crippen molar-refractivity contribution in [3.05, 3.63) is 34.9 Å². The molecule has 2 fully saturated rings. The average molecular weight is 342 g/mol. The smallest absolute Gasteiger partial charge is 0.255 e. The van der Waals surface area contributed by atoms with Gasteiger partial charge in [-0.2, -0.15) is 0 Å². The number of amides is 3. The Morgan fingerprint density at radius 1 is 1.20 bits per heavy atom. The third kappa shape index (κ3) is 3.06. The Kier molecular flexibility index (Phi) is 3.98. The van der Waals surface area contributed by atoms with E-state index in [-0.39, 0.29) is 30.5 Å². The number of nitrogens with zero attached hydrogens (tertiary/aromatic N) is 2. The molecule has 2 saturated heterocycles. The minimum absolute atomic E-state index is 0.0392. The maximum absolute atomic E-state index is 12.8. The molecule has 1 N–H and O–H groups in total. The fourth-order valence-corrected chi connectivity index (χ4v) is 4.00. The van der Waals surface area contributed by atoms with Crippen LogP contribution in [0.1, 0.15) is 54.9 Å². The summed E-state index contributed by atoms with van der Waals surface area (Å²) in [4.78, 5) is 40.3. The van der Waals surface area contributed by atoms with Crippen molar-refractivity contribution < 1.29 is 15.8 Å². The summed E-state index contributed by atoms with van der Waals surface area (Å²) in [7, 11) is 0. The standard InChI is InChI=1S/C19H23N3O3/c23-17-8-7-16(18(24)20-17)22-12-15-13(5-4-6-14(15)19(22)25)11-21-9-2-1-3-10-21/h4-6,16H,1-3,7-12H2,(H,20,23,24)/i1D. The summed E-state index contributed by atoms with van der Waals surface area (Å²) in [6, 6.07) is 5.20. The first-order chi connectivity index (χ1) is 12.5. The summed E-state index contributed by atoms with van der Waals surface area (Å²) >= 11 is 0. The Balaban J connectivity index is 1.52. The van der Waals surface area contributed by atoms with Gasteiger partial charge in [0.25, 0.3) is 5.91 Å². The van der Waals surface area contributed by atoms with E-state index in [0.717, 1.165) is 43.6 Å². The van der Waals surface area contributed by atoms with Gasteiger partial charge in [-0.05, 0) is 49.5 Å². The lowest BCUT2D eigenvalue weighted by atomic mass is 10.0. The van der Waals surface area contributed by atoms with Gasteiger partial charge in [-0.25, -0.2) is 0 Å². The summed E-state index contributed by atoms with van der Waals surface area (Å²) < 4.78 is 7.82. The van der Waals surface area contributed by atoms with E-state index < -0.39 is 6.04 Å². The minimum atomic E-state index is -0.570. The third-order valence-electron chi connectivity index (χ3n) is 5.37. The van der Waals surface area contributed by atoms with Crippen LogP contribution >= 0.6 is 0 Å². The van der Waals surface area contributed by atoms with Crippen LogP contribution < -0.4 is 5.32 Å². The number of imide groups is 1. The molecule has 0 saturated carbocycles. The highest BCUT2D eigenvalue weighted by atomic mass is 16.2. The summed E-state index contributed by atoms with van der Waals surface area (Å²) in [5.41, 5.74) is 2.78. The van der Waals surface area contributed by atoms with E-state index >= 15 is 0 Å². The van der Waals surface area contributed by atoms with Gasteiger partial charge >= 0.3 is 0 Å². The number of carbonyl (C=O) groups is 3. The second-order valence-electron chi connectivity index (χ2n) is 6.99. The Morgan fingerprint density at radius 2 is 2.00 bits per heavy atom. The molecular formula is C19H23N3O3. The van der Waals surface area contributed by atoms with Crippen molar-refractivity contribution >= 4 is 17.7 Å². The molecule has 3 aliphatic rings. The topological polar surface area (TPSA) is 69.7 Å². The lowest BCUT2D eigenvalue weighted by molar-refractivity contribution is -0.136. The molecule has 1 aromatic rings. The van der Waals surface area contributed by atoms with Crippen molar-refractivity contribution in [3.8, 4) is 0 Å².